The zero-order chi connectivity index (χ0) is 33.8. The summed E-state index contributed by atoms with van der Waals surface area (Å²) in [5, 5.41) is 34.6. The molecule has 2 unspecified atom stereocenters. The third-order valence-corrected chi connectivity index (χ3v) is 7.10. The van der Waals surface area contributed by atoms with Crippen molar-refractivity contribution in [1.82, 2.24) is 29.5 Å². The third-order valence-electron chi connectivity index (χ3n) is 7.10. The van der Waals surface area contributed by atoms with E-state index in [1.54, 1.807) is 13.8 Å². The summed E-state index contributed by atoms with van der Waals surface area (Å²) in [6.45, 7) is 11.8. The summed E-state index contributed by atoms with van der Waals surface area (Å²) in [5.41, 5.74) is 4.21. The molecular weight excluding hydrogens is 993 g/mol. The van der Waals surface area contributed by atoms with E-state index in [2.05, 4.69) is 99.7 Å². The Hall–Kier alpha value is -3.62. The first-order chi connectivity index (χ1) is 22.7. The monoisotopic (exact) mass is 1050 g/mol. The van der Waals surface area contributed by atoms with Gasteiger partial charge < -0.3 is 14.8 Å². The second kappa shape index (κ2) is 23.8. The second-order valence-electron chi connectivity index (χ2n) is 12.0. The van der Waals surface area contributed by atoms with Gasteiger partial charge in [-0.1, -0.05) is 109 Å². The van der Waals surface area contributed by atoms with Gasteiger partial charge in [-0.25, -0.2) is 0 Å². The average molecular weight is 1050 g/mol. The largest absolute Gasteiger partial charge is 0.393 e. The van der Waals surface area contributed by atoms with Gasteiger partial charge in [-0.05, 0) is 44.5 Å². The normalized spacial score (nSPS) is 11.2. The number of benzene rings is 4. The molecule has 0 fully saturated rings. The first-order valence-electron chi connectivity index (χ1n) is 16.1. The molecule has 0 saturated carbocycles. The molecule has 0 aliphatic heterocycles. The van der Waals surface area contributed by atoms with Crippen LogP contribution in [0, 0.1) is 6.07 Å². The van der Waals surface area contributed by atoms with Crippen LogP contribution in [-0.2, 0) is 40.2 Å². The van der Waals surface area contributed by atoms with E-state index in [9.17, 15) is 0 Å². The summed E-state index contributed by atoms with van der Waals surface area (Å²) in [6.07, 6.45) is -0.278. The van der Waals surface area contributed by atoms with E-state index in [4.69, 9.17) is 10.2 Å². The Morgan fingerprint density at radius 3 is 1.29 bits per heavy atom. The van der Waals surface area contributed by atoms with Crippen molar-refractivity contribution in [3.63, 3.8) is 0 Å². The Balaban J connectivity index is 0.000000778. The van der Waals surface area contributed by atoms with Crippen molar-refractivity contribution < 1.29 is 50.4 Å². The molecule has 2 atom stereocenters. The van der Waals surface area contributed by atoms with Crippen LogP contribution in [0.3, 0.4) is 0 Å². The maximum absolute atomic E-state index is 8.56. The molecule has 2 radical (unpaired) electrons. The van der Waals surface area contributed by atoms with Gasteiger partial charge in [0, 0.05) is 69.0 Å². The van der Waals surface area contributed by atoms with Gasteiger partial charge in [-0.2, -0.15) is 5.10 Å². The average Bonchev–Trinajstić information content (AvgIpc) is 3.73. The van der Waals surface area contributed by atoms with Gasteiger partial charge in [0.25, 0.3) is 0 Å². The predicted octanol–water partition coefficient (Wildman–Crippen LogP) is 9.32. The van der Waals surface area contributed by atoms with Gasteiger partial charge in [0.1, 0.15) is 11.6 Å². The molecule has 6 aromatic rings. The zero-order valence-corrected chi connectivity index (χ0v) is 33.5. The van der Waals surface area contributed by atoms with Crippen LogP contribution in [0.2, 0.25) is 0 Å². The van der Waals surface area contributed by atoms with Gasteiger partial charge in [-0.3, -0.25) is 4.57 Å². The van der Waals surface area contributed by atoms with Crippen LogP contribution in [-0.4, -0.2) is 51.9 Å². The fraction of sp³-hybridized carbons (Fsp3) is 0.317. The predicted molar refractivity (Wildman–Crippen MR) is 202 cm³/mol. The minimum Gasteiger partial charge on any atom is -0.393 e. The summed E-state index contributed by atoms with van der Waals surface area (Å²) in [7, 11) is 0. The van der Waals surface area contributed by atoms with Gasteiger partial charge in [0.05, 0.1) is 18.0 Å². The Kier molecular flexibility index (Phi) is 22.1. The molecule has 8 nitrogen and oxygen atoms in total. The van der Waals surface area contributed by atoms with E-state index in [1.807, 2.05) is 78.9 Å². The summed E-state index contributed by atoms with van der Waals surface area (Å²) >= 11 is 0. The summed E-state index contributed by atoms with van der Waals surface area (Å²) in [4.78, 5) is 0. The molecule has 0 saturated heterocycles. The number of aliphatic hydroxyl groups excluding tert-OH is 2. The first kappa shape index (κ1) is 47.4. The number of aliphatic hydroxyl groups is 2. The van der Waals surface area contributed by atoms with Crippen LogP contribution in [0.15, 0.2) is 115 Å². The Morgan fingerprint density at radius 2 is 0.922 bits per heavy atom. The van der Waals surface area contributed by atoms with Crippen LogP contribution < -0.4 is 0 Å². The van der Waals surface area contributed by atoms with Gasteiger partial charge in [-0.15, -0.1) is 51.2 Å². The third kappa shape index (κ3) is 13.5. The number of hydrogen-bond donors (Lipinski definition) is 2. The molecule has 278 valence electrons. The fourth-order valence-corrected chi connectivity index (χ4v) is 4.98. The van der Waals surface area contributed by atoms with Crippen molar-refractivity contribution in [2.75, 3.05) is 0 Å². The molecule has 4 aromatic carbocycles. The van der Waals surface area contributed by atoms with Crippen LogP contribution >= 0.6 is 0 Å². The van der Waals surface area contributed by atoms with Crippen molar-refractivity contribution >= 4 is 0 Å². The fourth-order valence-electron chi connectivity index (χ4n) is 4.98. The molecule has 0 aliphatic carbocycles. The van der Waals surface area contributed by atoms with E-state index < -0.39 is 0 Å². The first-order valence-corrected chi connectivity index (χ1v) is 16.1. The minimum atomic E-state index is -0.375. The van der Waals surface area contributed by atoms with Crippen molar-refractivity contribution in [3.05, 3.63) is 133 Å². The van der Waals surface area contributed by atoms with Crippen molar-refractivity contribution in [3.8, 4) is 34.2 Å². The maximum atomic E-state index is 8.56. The van der Waals surface area contributed by atoms with E-state index in [0.717, 1.165) is 45.8 Å². The van der Waals surface area contributed by atoms with E-state index in [0.29, 0.717) is 18.3 Å². The van der Waals surface area contributed by atoms with E-state index in [1.165, 1.54) is 0 Å². The zero-order valence-electron chi connectivity index (χ0n) is 28.7. The summed E-state index contributed by atoms with van der Waals surface area (Å²) in [6, 6.07) is 41.7. The number of rotatable bonds is 8. The second-order valence-corrected chi connectivity index (χ2v) is 12.0. The molecule has 51 heavy (non-hydrogen) atoms. The number of hydrogen-bond acceptors (Lipinski definition) is 6. The van der Waals surface area contributed by atoms with Crippen LogP contribution in [0.25, 0.3) is 34.2 Å². The standard InChI is InChI=1S/C17H17N3.C17H16N3.C5H12O2.2CH4.2Ir/c2*1-13(2)16-18-19-17(14-9-5-3-6-10-14)20(16)15-11-7-4-8-12-15;1-4(6)3-5(2)7;;;;/h3-13H,1-2H3;3-9,11-13H,1-2H3;4-7H,3H2,1-2H3;2*1H4;;/q;-1;;;;;. The van der Waals surface area contributed by atoms with Gasteiger partial charge in [0.2, 0.25) is 0 Å². The number of nitrogens with zero attached hydrogens (tertiary/aromatic N) is 6. The molecule has 0 spiro atoms. The molecule has 0 amide bonds. The van der Waals surface area contributed by atoms with Crippen LogP contribution in [0.5, 0.6) is 0 Å². The van der Waals surface area contributed by atoms with Crippen LogP contribution in [0.1, 0.15) is 86.3 Å². The topological polar surface area (TPSA) is 102 Å². The van der Waals surface area contributed by atoms with Crippen molar-refractivity contribution in [2.24, 2.45) is 0 Å². The Labute approximate surface area is 332 Å². The smallest absolute Gasteiger partial charge is 0.168 e. The molecule has 2 heterocycles. The minimum absolute atomic E-state index is 0. The maximum Gasteiger partial charge on any atom is 0.168 e. The van der Waals surface area contributed by atoms with Crippen molar-refractivity contribution in [2.45, 2.75) is 86.9 Å². The van der Waals surface area contributed by atoms with Crippen molar-refractivity contribution in [1.29, 1.82) is 0 Å². The molecular formula is C41H53Ir2N6O2-. The molecule has 0 aliphatic rings. The number of para-hydroxylation sites is 2. The van der Waals surface area contributed by atoms with E-state index >= 15 is 0 Å². The number of aromatic nitrogens is 6. The SMILES string of the molecule is C.C.CC(C)c1nnc(-c2[c-]cccc2)n1-c1ccccc1.CC(C)c1nnc(-c2ccccc2)n1-c1ccccc1.CC(O)CC(C)O.[Ir].[Ir]. The van der Waals surface area contributed by atoms with E-state index in [-0.39, 0.29) is 67.3 Å². The molecule has 10 heteroatoms. The Morgan fingerprint density at radius 1 is 0.529 bits per heavy atom. The van der Waals surface area contributed by atoms with Gasteiger partial charge >= 0.3 is 0 Å². The molecule has 0 bridgehead atoms. The van der Waals surface area contributed by atoms with Crippen LogP contribution in [0.4, 0.5) is 0 Å². The Bertz CT molecular complexity index is 1630. The molecule has 6 rings (SSSR count). The summed E-state index contributed by atoms with van der Waals surface area (Å²) < 4.78 is 4.25. The summed E-state index contributed by atoms with van der Waals surface area (Å²) in [5.74, 6) is 4.29. The molecule has 2 N–H and O–H groups in total. The van der Waals surface area contributed by atoms with Gasteiger partial charge in [0.15, 0.2) is 5.82 Å². The molecule has 2 aromatic heterocycles. The quantitative estimate of drug-likeness (QED) is 0.148.